The van der Waals surface area contributed by atoms with Gasteiger partial charge < -0.3 is 5.11 Å². The van der Waals surface area contributed by atoms with Gasteiger partial charge in [-0.2, -0.15) is 12.8 Å². The Labute approximate surface area is 181 Å². The standard InChI is InChI=1S/C15H9Cl3FNO3S.Na/c16-12-4-1-9(7-14(12)18)5-6-24(22,23)20-15(21)11-3-2-10(19)8-13(11)17;/h1-8H,(H,20,21);/q;+1/p-1/b6-5+;. The summed E-state index contributed by atoms with van der Waals surface area (Å²) in [5, 5.41) is 13.0. The first-order chi connectivity index (χ1) is 11.2. The molecule has 2 aromatic rings. The number of hydrogen-bond donors (Lipinski definition) is 0. The minimum absolute atomic E-state index is 0. The van der Waals surface area contributed by atoms with Crippen LogP contribution in [0.25, 0.3) is 6.08 Å². The third-order valence-electron chi connectivity index (χ3n) is 2.75. The fourth-order valence-electron chi connectivity index (χ4n) is 1.64. The Balaban J connectivity index is 0.00000312. The van der Waals surface area contributed by atoms with Crippen molar-refractivity contribution in [3.8, 4) is 0 Å². The van der Waals surface area contributed by atoms with Crippen LogP contribution < -0.4 is 34.7 Å². The number of hydrogen-bond acceptors (Lipinski definition) is 3. The van der Waals surface area contributed by atoms with Crippen LogP contribution in [0, 0.1) is 5.82 Å². The summed E-state index contributed by atoms with van der Waals surface area (Å²) < 4.78 is 39.8. The molecule has 0 spiro atoms. The molecule has 126 valence electrons. The van der Waals surface area contributed by atoms with Crippen LogP contribution in [-0.2, 0) is 10.0 Å². The molecule has 0 radical (unpaired) electrons. The van der Waals surface area contributed by atoms with Crippen LogP contribution in [0.2, 0.25) is 15.1 Å². The molecule has 0 unspecified atom stereocenters. The zero-order valence-corrected chi connectivity index (χ0v) is 17.8. The van der Waals surface area contributed by atoms with E-state index < -0.39 is 21.7 Å². The summed E-state index contributed by atoms with van der Waals surface area (Å²) in [6, 6.07) is 7.42. The maximum absolute atomic E-state index is 12.9. The summed E-state index contributed by atoms with van der Waals surface area (Å²) in [5.41, 5.74) is 0.236. The van der Waals surface area contributed by atoms with E-state index in [0.717, 1.165) is 23.6 Å². The Morgan fingerprint density at radius 1 is 1.04 bits per heavy atom. The van der Waals surface area contributed by atoms with Crippen molar-refractivity contribution in [2.24, 2.45) is 4.40 Å². The van der Waals surface area contributed by atoms with Crippen LogP contribution in [0.5, 0.6) is 0 Å². The maximum atomic E-state index is 12.9. The van der Waals surface area contributed by atoms with Gasteiger partial charge in [-0.25, -0.2) is 4.39 Å². The van der Waals surface area contributed by atoms with Gasteiger partial charge in [0.25, 0.3) is 10.0 Å². The molecule has 0 aliphatic carbocycles. The normalized spacial score (nSPS) is 12.2. The van der Waals surface area contributed by atoms with Gasteiger partial charge in [-0.05, 0) is 42.0 Å². The molecule has 0 bridgehead atoms. The summed E-state index contributed by atoms with van der Waals surface area (Å²) >= 11 is 17.3. The molecular weight excluding hydrogens is 423 g/mol. The van der Waals surface area contributed by atoms with Crippen molar-refractivity contribution >= 4 is 56.8 Å². The van der Waals surface area contributed by atoms with Gasteiger partial charge in [-0.3, -0.25) is 0 Å². The third kappa shape index (κ3) is 6.57. The second-order valence-electron chi connectivity index (χ2n) is 4.51. The molecule has 0 saturated heterocycles. The molecule has 0 aliphatic rings. The summed E-state index contributed by atoms with van der Waals surface area (Å²) in [5.74, 6) is -1.75. The molecule has 25 heavy (non-hydrogen) atoms. The average molecular weight is 431 g/mol. The Hall–Kier alpha value is -0.600. The third-order valence-corrected chi connectivity index (χ3v) is 4.70. The number of halogens is 4. The number of benzene rings is 2. The van der Waals surface area contributed by atoms with Gasteiger partial charge in [-0.1, -0.05) is 40.9 Å². The predicted octanol–water partition coefficient (Wildman–Crippen LogP) is 0.898. The minimum Gasteiger partial charge on any atom is -0.858 e. The van der Waals surface area contributed by atoms with Crippen LogP contribution in [0.4, 0.5) is 4.39 Å². The summed E-state index contributed by atoms with van der Waals surface area (Å²) in [4.78, 5) is 0. The zero-order valence-electron chi connectivity index (χ0n) is 12.7. The van der Waals surface area contributed by atoms with Crippen LogP contribution in [0.1, 0.15) is 11.1 Å². The van der Waals surface area contributed by atoms with Crippen LogP contribution in [0.15, 0.2) is 46.2 Å². The van der Waals surface area contributed by atoms with E-state index in [2.05, 4.69) is 4.40 Å². The predicted molar refractivity (Wildman–Crippen MR) is 92.4 cm³/mol. The van der Waals surface area contributed by atoms with E-state index in [1.165, 1.54) is 18.2 Å². The largest absolute Gasteiger partial charge is 1.00 e. The van der Waals surface area contributed by atoms with Gasteiger partial charge in [0.1, 0.15) is 5.82 Å². The van der Waals surface area contributed by atoms with Crippen LogP contribution >= 0.6 is 34.8 Å². The van der Waals surface area contributed by atoms with Crippen LogP contribution in [-0.4, -0.2) is 14.3 Å². The molecule has 4 nitrogen and oxygen atoms in total. The Morgan fingerprint density at radius 3 is 2.32 bits per heavy atom. The summed E-state index contributed by atoms with van der Waals surface area (Å²) in [7, 11) is -4.21. The molecule has 0 saturated carbocycles. The van der Waals surface area contributed by atoms with Crippen molar-refractivity contribution < 1.29 is 47.5 Å². The molecule has 0 amide bonds. The van der Waals surface area contributed by atoms with Crippen molar-refractivity contribution in [1.82, 2.24) is 0 Å². The number of rotatable bonds is 4. The van der Waals surface area contributed by atoms with Gasteiger partial charge in [0.15, 0.2) is 0 Å². The van der Waals surface area contributed by atoms with Gasteiger partial charge >= 0.3 is 29.6 Å². The topological polar surface area (TPSA) is 69.6 Å². The molecule has 0 aliphatic heterocycles. The molecule has 2 rings (SSSR count). The smallest absolute Gasteiger partial charge is 0.858 e. The minimum atomic E-state index is -4.21. The average Bonchev–Trinajstić information content (AvgIpc) is 2.48. The second kappa shape index (κ2) is 9.37. The number of nitrogens with zero attached hydrogens (tertiary/aromatic N) is 1. The van der Waals surface area contributed by atoms with Crippen molar-refractivity contribution in [3.63, 3.8) is 0 Å². The van der Waals surface area contributed by atoms with Crippen molar-refractivity contribution in [2.75, 3.05) is 0 Å². The molecule has 0 heterocycles. The first-order valence-electron chi connectivity index (χ1n) is 6.28. The number of sulfonamides is 1. The van der Waals surface area contributed by atoms with E-state index in [1.807, 2.05) is 0 Å². The van der Waals surface area contributed by atoms with Gasteiger partial charge in [0.05, 0.1) is 20.5 Å². The second-order valence-corrected chi connectivity index (χ2v) is 7.22. The summed E-state index contributed by atoms with van der Waals surface area (Å²) in [6.07, 6.45) is 1.21. The molecule has 2 aromatic carbocycles. The Kier molecular flexibility index (Phi) is 8.41. The van der Waals surface area contributed by atoms with E-state index in [1.54, 1.807) is 6.07 Å². The van der Waals surface area contributed by atoms with E-state index in [4.69, 9.17) is 34.8 Å². The van der Waals surface area contributed by atoms with E-state index >= 15 is 0 Å². The van der Waals surface area contributed by atoms with Crippen molar-refractivity contribution in [1.29, 1.82) is 0 Å². The zero-order chi connectivity index (χ0) is 17.9. The maximum Gasteiger partial charge on any atom is 1.00 e. The Morgan fingerprint density at radius 2 is 1.72 bits per heavy atom. The molecule has 0 N–H and O–H groups in total. The van der Waals surface area contributed by atoms with Crippen LogP contribution in [0.3, 0.4) is 0 Å². The molecule has 10 heteroatoms. The van der Waals surface area contributed by atoms with Gasteiger partial charge in [-0.15, -0.1) is 0 Å². The molecule has 0 atom stereocenters. The Bertz CT molecular complexity index is 949. The monoisotopic (exact) mass is 429 g/mol. The first-order valence-corrected chi connectivity index (χ1v) is 8.92. The molecule has 0 fully saturated rings. The molecule has 0 aromatic heterocycles. The van der Waals surface area contributed by atoms with Gasteiger partial charge in [0.2, 0.25) is 0 Å². The SMILES string of the molecule is O=S(=O)(/C=C/c1ccc(Cl)c(Cl)c1)/N=C(\[O-])c1ccc(F)cc1Cl.[Na+]. The fourth-order valence-corrected chi connectivity index (χ4v) is 2.91. The quantitative estimate of drug-likeness (QED) is 0.411. The van der Waals surface area contributed by atoms with E-state index in [0.29, 0.717) is 10.6 Å². The van der Waals surface area contributed by atoms with Crippen molar-refractivity contribution in [2.45, 2.75) is 0 Å². The van der Waals surface area contributed by atoms with Crippen molar-refractivity contribution in [3.05, 3.63) is 73.8 Å². The van der Waals surface area contributed by atoms with Gasteiger partial charge in [0, 0.05) is 11.5 Å². The first kappa shape index (κ1) is 22.4. The summed E-state index contributed by atoms with van der Waals surface area (Å²) in [6.45, 7) is 0. The van der Waals surface area contributed by atoms with E-state index in [9.17, 15) is 17.9 Å². The van der Waals surface area contributed by atoms with E-state index in [-0.39, 0.29) is 45.2 Å². The fraction of sp³-hybridized carbons (Fsp3) is 0. The molecular formula is C15H8Cl3FNNaO3S.